The lowest BCUT2D eigenvalue weighted by Crippen LogP contribution is -2.31. The number of ether oxygens (including phenoxy) is 1. The van der Waals surface area contributed by atoms with Gasteiger partial charge in [0.2, 0.25) is 0 Å². The Balaban J connectivity index is 3.32. The van der Waals surface area contributed by atoms with Crippen LogP contribution in [0.25, 0.3) is 0 Å². The third-order valence-corrected chi connectivity index (χ3v) is 2.01. The molecule has 0 bridgehead atoms. The Bertz CT molecular complexity index is 159. The lowest BCUT2D eigenvalue weighted by molar-refractivity contribution is -0.213. The highest BCUT2D eigenvalue weighted by Crippen LogP contribution is 2.21. The summed E-state index contributed by atoms with van der Waals surface area (Å²) in [4.78, 5) is 0. The zero-order chi connectivity index (χ0) is 11.9. The van der Waals surface area contributed by atoms with Crippen LogP contribution >= 0.6 is 0 Å². The van der Waals surface area contributed by atoms with Crippen molar-refractivity contribution >= 4 is 0 Å². The summed E-state index contributed by atoms with van der Waals surface area (Å²) >= 11 is 0. The number of hydrogen-bond donors (Lipinski definition) is 1. The number of hydrogen-bond acceptors (Lipinski definition) is 2. The van der Waals surface area contributed by atoms with E-state index in [1.54, 1.807) is 0 Å². The Hall–Kier alpha value is -0.290. The number of rotatable bonds is 7. The summed E-state index contributed by atoms with van der Waals surface area (Å²) in [6, 6.07) is 0. The van der Waals surface area contributed by atoms with Crippen molar-refractivity contribution in [3.63, 3.8) is 0 Å². The summed E-state index contributed by atoms with van der Waals surface area (Å²) in [6.45, 7) is 6.61. The van der Waals surface area contributed by atoms with E-state index in [1.807, 2.05) is 0 Å². The number of halogens is 3. The van der Waals surface area contributed by atoms with Gasteiger partial charge in [-0.25, -0.2) is 0 Å². The zero-order valence-corrected chi connectivity index (χ0v) is 9.53. The molecule has 0 aliphatic heterocycles. The fourth-order valence-corrected chi connectivity index (χ4v) is 0.918. The molecule has 92 valence electrons. The highest BCUT2D eigenvalue weighted by Gasteiger charge is 2.36. The van der Waals surface area contributed by atoms with Crippen LogP contribution in [0.4, 0.5) is 13.2 Å². The van der Waals surface area contributed by atoms with E-state index >= 15 is 0 Å². The van der Waals surface area contributed by atoms with Crippen molar-refractivity contribution in [1.29, 1.82) is 0 Å². The lowest BCUT2D eigenvalue weighted by atomic mass is 10.1. The van der Waals surface area contributed by atoms with Crippen molar-refractivity contribution in [2.24, 2.45) is 5.92 Å². The average Bonchev–Trinajstić information content (AvgIpc) is 2.08. The van der Waals surface area contributed by atoms with Gasteiger partial charge in [-0.3, -0.25) is 0 Å². The molecule has 0 rings (SSSR count). The van der Waals surface area contributed by atoms with E-state index in [0.29, 0.717) is 12.5 Å². The first-order chi connectivity index (χ1) is 6.84. The van der Waals surface area contributed by atoms with Crippen LogP contribution in [-0.2, 0) is 4.74 Å². The van der Waals surface area contributed by atoms with E-state index < -0.39 is 12.3 Å². The van der Waals surface area contributed by atoms with Crippen LogP contribution in [0.5, 0.6) is 0 Å². The minimum atomic E-state index is -4.25. The third-order valence-electron chi connectivity index (χ3n) is 2.01. The number of alkyl halides is 3. The van der Waals surface area contributed by atoms with Crippen LogP contribution in [0.2, 0.25) is 0 Å². The minimum Gasteiger partial charge on any atom is -0.368 e. The van der Waals surface area contributed by atoms with Crippen molar-refractivity contribution in [2.45, 2.75) is 39.5 Å². The fraction of sp³-hybridized carbons (Fsp3) is 1.00. The fourth-order valence-electron chi connectivity index (χ4n) is 0.918. The van der Waals surface area contributed by atoms with Gasteiger partial charge in [0.05, 0.1) is 6.61 Å². The standard InChI is InChI=1S/C10H20F3NO/c1-8(2)4-5-14-6-7-15-9(3)10(11,12)13/h8-9,14H,4-7H2,1-3H3. The summed E-state index contributed by atoms with van der Waals surface area (Å²) in [6.07, 6.45) is -4.91. The van der Waals surface area contributed by atoms with Crippen LogP contribution in [-0.4, -0.2) is 32.0 Å². The van der Waals surface area contributed by atoms with Gasteiger partial charge in [0, 0.05) is 6.54 Å². The van der Waals surface area contributed by atoms with Crippen molar-refractivity contribution in [1.82, 2.24) is 5.32 Å². The molecule has 0 aromatic carbocycles. The Labute approximate surface area is 89.2 Å². The Morgan fingerprint density at radius 1 is 1.13 bits per heavy atom. The normalized spacial score (nSPS) is 14.6. The molecule has 5 heteroatoms. The summed E-state index contributed by atoms with van der Waals surface area (Å²) < 4.78 is 40.6. The van der Waals surface area contributed by atoms with Gasteiger partial charge in [0.15, 0.2) is 6.10 Å². The second-order valence-electron chi connectivity index (χ2n) is 3.99. The van der Waals surface area contributed by atoms with Gasteiger partial charge in [-0.2, -0.15) is 13.2 Å². The molecule has 0 radical (unpaired) electrons. The van der Waals surface area contributed by atoms with Crippen molar-refractivity contribution in [2.75, 3.05) is 19.7 Å². The quantitative estimate of drug-likeness (QED) is 0.675. The van der Waals surface area contributed by atoms with Crippen molar-refractivity contribution < 1.29 is 17.9 Å². The first-order valence-electron chi connectivity index (χ1n) is 5.23. The predicted molar refractivity (Wildman–Crippen MR) is 53.8 cm³/mol. The van der Waals surface area contributed by atoms with Gasteiger partial charge < -0.3 is 10.1 Å². The zero-order valence-electron chi connectivity index (χ0n) is 9.53. The lowest BCUT2D eigenvalue weighted by Gasteiger charge is -2.16. The summed E-state index contributed by atoms with van der Waals surface area (Å²) in [7, 11) is 0. The van der Waals surface area contributed by atoms with E-state index in [0.717, 1.165) is 19.9 Å². The monoisotopic (exact) mass is 227 g/mol. The minimum absolute atomic E-state index is 0.0960. The SMILES string of the molecule is CC(C)CCNCCOC(C)C(F)(F)F. The van der Waals surface area contributed by atoms with E-state index in [-0.39, 0.29) is 6.61 Å². The topological polar surface area (TPSA) is 21.3 Å². The summed E-state index contributed by atoms with van der Waals surface area (Å²) in [5.74, 6) is 0.604. The number of nitrogens with one attached hydrogen (secondary N) is 1. The molecule has 0 saturated heterocycles. The average molecular weight is 227 g/mol. The van der Waals surface area contributed by atoms with Crippen LogP contribution in [0, 0.1) is 5.92 Å². The van der Waals surface area contributed by atoms with Crippen LogP contribution < -0.4 is 5.32 Å². The van der Waals surface area contributed by atoms with E-state index in [2.05, 4.69) is 23.9 Å². The molecule has 2 nitrogen and oxygen atoms in total. The maximum absolute atomic E-state index is 12.0. The molecular weight excluding hydrogens is 207 g/mol. The van der Waals surface area contributed by atoms with Gasteiger partial charge in [0.1, 0.15) is 0 Å². The van der Waals surface area contributed by atoms with Gasteiger partial charge in [-0.05, 0) is 25.8 Å². The van der Waals surface area contributed by atoms with Crippen LogP contribution in [0.15, 0.2) is 0 Å². The molecule has 1 atom stereocenters. The Morgan fingerprint density at radius 3 is 2.20 bits per heavy atom. The molecule has 0 spiro atoms. The molecule has 15 heavy (non-hydrogen) atoms. The van der Waals surface area contributed by atoms with Gasteiger partial charge in [0.25, 0.3) is 0 Å². The summed E-state index contributed by atoms with van der Waals surface area (Å²) in [5.41, 5.74) is 0. The van der Waals surface area contributed by atoms with Gasteiger partial charge in [-0.1, -0.05) is 13.8 Å². The highest BCUT2D eigenvalue weighted by atomic mass is 19.4. The molecule has 0 heterocycles. The molecule has 0 saturated carbocycles. The largest absolute Gasteiger partial charge is 0.414 e. The molecule has 0 aromatic heterocycles. The van der Waals surface area contributed by atoms with Crippen LogP contribution in [0.3, 0.4) is 0 Å². The second kappa shape index (κ2) is 7.06. The molecule has 0 aliphatic rings. The molecule has 1 N–H and O–H groups in total. The molecule has 0 aliphatic carbocycles. The first-order valence-corrected chi connectivity index (χ1v) is 5.23. The molecular formula is C10H20F3NO. The smallest absolute Gasteiger partial charge is 0.368 e. The second-order valence-corrected chi connectivity index (χ2v) is 3.99. The maximum Gasteiger partial charge on any atom is 0.414 e. The van der Waals surface area contributed by atoms with Crippen LogP contribution in [0.1, 0.15) is 27.2 Å². The van der Waals surface area contributed by atoms with Crippen molar-refractivity contribution in [3.05, 3.63) is 0 Å². The molecule has 0 aromatic rings. The van der Waals surface area contributed by atoms with E-state index in [9.17, 15) is 13.2 Å². The van der Waals surface area contributed by atoms with Crippen molar-refractivity contribution in [3.8, 4) is 0 Å². The van der Waals surface area contributed by atoms with E-state index in [4.69, 9.17) is 0 Å². The molecule has 0 amide bonds. The third kappa shape index (κ3) is 8.69. The Morgan fingerprint density at radius 2 is 1.73 bits per heavy atom. The Kier molecular flexibility index (Phi) is 6.92. The predicted octanol–water partition coefficient (Wildman–Crippen LogP) is 2.59. The molecule has 0 fully saturated rings. The van der Waals surface area contributed by atoms with Gasteiger partial charge >= 0.3 is 6.18 Å². The van der Waals surface area contributed by atoms with Gasteiger partial charge in [-0.15, -0.1) is 0 Å². The summed E-state index contributed by atoms with van der Waals surface area (Å²) in [5, 5.41) is 3.03. The molecule has 1 unspecified atom stereocenters. The highest BCUT2D eigenvalue weighted by molar-refractivity contribution is 4.61. The first kappa shape index (κ1) is 14.7. The maximum atomic E-state index is 12.0. The van der Waals surface area contributed by atoms with E-state index in [1.165, 1.54) is 0 Å².